The molecule has 2 aliphatic rings. The third-order valence-electron chi connectivity index (χ3n) is 7.94. The van der Waals surface area contributed by atoms with Gasteiger partial charge in [0.15, 0.2) is 0 Å². The molecule has 0 bridgehead atoms. The number of ether oxygens (including phenoxy) is 1. The summed E-state index contributed by atoms with van der Waals surface area (Å²) in [6, 6.07) is 17.5. The number of halogens is 2. The minimum atomic E-state index is -4.02. The molecule has 0 spiro atoms. The topological polar surface area (TPSA) is 106 Å². The molecular weight excluding hydrogens is 609 g/mol. The van der Waals surface area contributed by atoms with Gasteiger partial charge in [-0.3, -0.25) is 9.52 Å². The number of hydrogen-bond donors (Lipinski definition) is 1. The van der Waals surface area contributed by atoms with Gasteiger partial charge in [-0.1, -0.05) is 41.8 Å². The molecule has 0 aliphatic carbocycles. The first-order valence-corrected chi connectivity index (χ1v) is 16.6. The summed E-state index contributed by atoms with van der Waals surface area (Å²) < 4.78 is 37.3. The number of aromatic nitrogens is 3. The van der Waals surface area contributed by atoms with Crippen molar-refractivity contribution < 1.29 is 17.9 Å². The van der Waals surface area contributed by atoms with E-state index in [0.717, 1.165) is 50.3 Å². The molecule has 2 aliphatic heterocycles. The fourth-order valence-corrected chi connectivity index (χ4v) is 7.07. The molecule has 1 N–H and O–H groups in total. The minimum Gasteiger partial charge on any atom is -0.456 e. The number of carbonyl (C=O) groups is 1. The second-order valence-corrected chi connectivity index (χ2v) is 13.3. The third-order valence-corrected chi connectivity index (χ3v) is 9.87. The van der Waals surface area contributed by atoms with Crippen molar-refractivity contribution in [1.29, 1.82) is 0 Å². The van der Waals surface area contributed by atoms with Crippen LogP contribution in [0.1, 0.15) is 60.0 Å². The Kier molecular flexibility index (Phi) is 8.61. The number of fused-ring (bicyclic) bond motifs is 1. The molecule has 3 heterocycles. The molecule has 3 aromatic carbocycles. The van der Waals surface area contributed by atoms with Gasteiger partial charge in [-0.15, -0.1) is 10.2 Å². The van der Waals surface area contributed by atoms with Crippen LogP contribution in [0.3, 0.4) is 0 Å². The maximum Gasteiger partial charge on any atom is 0.261 e. The van der Waals surface area contributed by atoms with E-state index in [1.54, 1.807) is 47.4 Å². The zero-order chi connectivity index (χ0) is 30.0. The minimum absolute atomic E-state index is 0.0145. The van der Waals surface area contributed by atoms with Crippen molar-refractivity contribution in [2.24, 2.45) is 0 Å². The van der Waals surface area contributed by atoms with Gasteiger partial charge >= 0.3 is 0 Å². The van der Waals surface area contributed by atoms with Crippen LogP contribution in [-0.2, 0) is 23.0 Å². The summed E-state index contributed by atoms with van der Waals surface area (Å²) in [5.41, 5.74) is 0.361. The van der Waals surface area contributed by atoms with Gasteiger partial charge in [-0.2, -0.15) is 0 Å². The summed E-state index contributed by atoms with van der Waals surface area (Å²) in [5.74, 6) is 2.92. The molecule has 1 aromatic heterocycles. The summed E-state index contributed by atoms with van der Waals surface area (Å²) in [7, 11) is -4.02. The molecule has 0 radical (unpaired) electrons. The van der Waals surface area contributed by atoms with Gasteiger partial charge in [0, 0.05) is 37.0 Å². The SMILES string of the molecule is O=C(c1cc(Cl)ccc1NS(=O)(=O)c1ccc(Oc2ccccc2Cl)cc1)N1CCC(c2nnc3n2CCCCC3)CC1. The number of benzene rings is 3. The van der Waals surface area contributed by atoms with E-state index in [4.69, 9.17) is 27.9 Å². The lowest BCUT2D eigenvalue weighted by Crippen LogP contribution is -2.38. The fourth-order valence-electron chi connectivity index (χ4n) is 5.65. The first-order valence-electron chi connectivity index (χ1n) is 14.3. The smallest absolute Gasteiger partial charge is 0.261 e. The van der Waals surface area contributed by atoms with Gasteiger partial charge in [-0.25, -0.2) is 8.42 Å². The number of anilines is 1. The normalized spacial score (nSPS) is 15.9. The highest BCUT2D eigenvalue weighted by Crippen LogP contribution is 2.33. The number of aryl methyl sites for hydroxylation is 1. The summed E-state index contributed by atoms with van der Waals surface area (Å²) in [6.07, 6.45) is 5.94. The van der Waals surface area contributed by atoms with Gasteiger partial charge in [0.1, 0.15) is 23.1 Å². The van der Waals surface area contributed by atoms with Crippen LogP contribution in [0.2, 0.25) is 10.0 Å². The molecule has 4 aromatic rings. The van der Waals surface area contributed by atoms with Gasteiger partial charge in [0.25, 0.3) is 15.9 Å². The maximum atomic E-state index is 13.7. The molecule has 224 valence electrons. The Morgan fingerprint density at radius 1 is 0.907 bits per heavy atom. The molecule has 0 atom stereocenters. The number of likely N-dealkylation sites (tertiary alicyclic amines) is 1. The number of carbonyl (C=O) groups excluding carboxylic acids is 1. The van der Waals surface area contributed by atoms with Gasteiger partial charge in [0.05, 0.1) is 21.2 Å². The number of amides is 1. The highest BCUT2D eigenvalue weighted by molar-refractivity contribution is 7.92. The fraction of sp³-hybridized carbons (Fsp3) is 0.323. The Labute approximate surface area is 260 Å². The van der Waals surface area contributed by atoms with Crippen LogP contribution in [0.4, 0.5) is 5.69 Å². The van der Waals surface area contributed by atoms with Gasteiger partial charge in [-0.05, 0) is 80.3 Å². The molecule has 1 saturated heterocycles. The average molecular weight is 641 g/mol. The molecule has 0 saturated carbocycles. The molecule has 1 amide bonds. The highest BCUT2D eigenvalue weighted by atomic mass is 35.5. The lowest BCUT2D eigenvalue weighted by atomic mass is 9.95. The Hall–Kier alpha value is -3.60. The van der Waals surface area contributed by atoms with Crippen LogP contribution in [0, 0.1) is 0 Å². The molecular formula is C31H31Cl2N5O4S. The Balaban J connectivity index is 1.15. The number of rotatable bonds is 7. The van der Waals surface area contributed by atoms with Crippen LogP contribution < -0.4 is 9.46 Å². The van der Waals surface area contributed by atoms with Crippen molar-refractivity contribution in [2.75, 3.05) is 17.8 Å². The molecule has 9 nitrogen and oxygen atoms in total. The average Bonchev–Trinajstić information content (AvgIpc) is 3.27. The predicted octanol–water partition coefficient (Wildman–Crippen LogP) is 6.92. The monoisotopic (exact) mass is 639 g/mol. The van der Waals surface area contributed by atoms with Gasteiger partial charge < -0.3 is 14.2 Å². The van der Waals surface area contributed by atoms with Crippen LogP contribution in [-0.4, -0.2) is 47.1 Å². The number of nitrogens with one attached hydrogen (secondary N) is 1. The van der Waals surface area contributed by atoms with E-state index in [1.807, 2.05) is 0 Å². The summed E-state index contributed by atoms with van der Waals surface area (Å²) in [4.78, 5) is 15.4. The van der Waals surface area contributed by atoms with Crippen LogP contribution in [0.5, 0.6) is 11.5 Å². The number of hydrogen-bond acceptors (Lipinski definition) is 6. The van der Waals surface area contributed by atoms with Crippen LogP contribution >= 0.6 is 23.2 Å². The first-order chi connectivity index (χ1) is 20.8. The maximum absolute atomic E-state index is 13.7. The second-order valence-electron chi connectivity index (χ2n) is 10.8. The molecule has 12 heteroatoms. The van der Waals surface area contributed by atoms with E-state index in [9.17, 15) is 13.2 Å². The Morgan fingerprint density at radius 2 is 1.67 bits per heavy atom. The summed E-state index contributed by atoms with van der Waals surface area (Å²) in [6.45, 7) is 1.99. The van der Waals surface area contributed by atoms with E-state index < -0.39 is 10.0 Å². The van der Waals surface area contributed by atoms with Crippen LogP contribution in [0.25, 0.3) is 0 Å². The predicted molar refractivity (Wildman–Crippen MR) is 166 cm³/mol. The molecule has 6 rings (SSSR count). The zero-order valence-corrected chi connectivity index (χ0v) is 25.7. The lowest BCUT2D eigenvalue weighted by molar-refractivity contribution is 0.0711. The second kappa shape index (κ2) is 12.6. The number of sulfonamides is 1. The zero-order valence-electron chi connectivity index (χ0n) is 23.4. The standard InChI is InChI=1S/C31H31Cl2N5O4S/c32-22-9-14-27(36-43(40,41)24-12-10-23(11-13-24)42-28-7-4-3-6-26(28)33)25(20-22)31(39)37-18-15-21(16-19-37)30-35-34-29-8-2-1-5-17-38(29)30/h3-4,6-7,9-14,20-21,36H,1-2,5,8,15-19H2. The largest absolute Gasteiger partial charge is 0.456 e. The third kappa shape index (κ3) is 6.51. The van der Waals surface area contributed by atoms with E-state index in [-0.39, 0.29) is 28.0 Å². The van der Waals surface area contributed by atoms with Crippen molar-refractivity contribution in [3.05, 3.63) is 94.0 Å². The van der Waals surface area contributed by atoms with E-state index in [0.29, 0.717) is 34.6 Å². The van der Waals surface area contributed by atoms with Crippen molar-refractivity contribution in [1.82, 2.24) is 19.7 Å². The molecule has 43 heavy (non-hydrogen) atoms. The van der Waals surface area contributed by atoms with E-state index >= 15 is 0 Å². The van der Waals surface area contributed by atoms with Crippen molar-refractivity contribution in [3.63, 3.8) is 0 Å². The molecule has 1 fully saturated rings. The number of nitrogens with zero attached hydrogens (tertiary/aromatic N) is 4. The quantitative estimate of drug-likeness (QED) is 0.235. The molecule has 0 unspecified atom stereocenters. The summed E-state index contributed by atoms with van der Waals surface area (Å²) in [5, 5.41) is 9.74. The Bertz CT molecular complexity index is 1740. The van der Waals surface area contributed by atoms with Crippen molar-refractivity contribution in [2.45, 2.75) is 55.9 Å². The number of piperidine rings is 1. The van der Waals surface area contributed by atoms with Gasteiger partial charge in [0.2, 0.25) is 0 Å². The van der Waals surface area contributed by atoms with E-state index in [1.165, 1.54) is 30.7 Å². The Morgan fingerprint density at radius 3 is 2.44 bits per heavy atom. The highest BCUT2D eigenvalue weighted by Gasteiger charge is 2.30. The first kappa shape index (κ1) is 29.5. The number of para-hydroxylation sites is 1. The van der Waals surface area contributed by atoms with Crippen molar-refractivity contribution >= 4 is 44.8 Å². The van der Waals surface area contributed by atoms with Crippen molar-refractivity contribution in [3.8, 4) is 11.5 Å². The van der Waals surface area contributed by atoms with E-state index in [2.05, 4.69) is 19.5 Å². The lowest BCUT2D eigenvalue weighted by Gasteiger charge is -2.32. The summed E-state index contributed by atoms with van der Waals surface area (Å²) >= 11 is 12.4. The van der Waals surface area contributed by atoms with Crippen LogP contribution in [0.15, 0.2) is 71.6 Å².